The topological polar surface area (TPSA) is 49.4 Å². The Morgan fingerprint density at radius 1 is 0.861 bits per heavy atom. The van der Waals surface area contributed by atoms with E-state index in [0.29, 0.717) is 24.3 Å². The molecule has 3 aromatic carbocycles. The first kappa shape index (κ1) is 27.5. The van der Waals surface area contributed by atoms with Crippen LogP contribution >= 0.6 is 11.6 Å². The van der Waals surface area contributed by atoms with E-state index in [2.05, 4.69) is 36.5 Å². The van der Waals surface area contributed by atoms with Gasteiger partial charge in [0.15, 0.2) is 0 Å². The van der Waals surface area contributed by atoms with Crippen molar-refractivity contribution in [3.63, 3.8) is 0 Å². The van der Waals surface area contributed by atoms with Crippen LogP contribution in [0.5, 0.6) is 0 Å². The van der Waals surface area contributed by atoms with Crippen molar-refractivity contribution >= 4 is 23.4 Å². The Labute approximate surface area is 220 Å². The van der Waals surface area contributed by atoms with E-state index in [0.717, 1.165) is 29.5 Å². The maximum Gasteiger partial charge on any atom is 0.243 e. The van der Waals surface area contributed by atoms with E-state index >= 15 is 0 Å². The molecule has 190 valence electrons. The summed E-state index contributed by atoms with van der Waals surface area (Å²) in [6.45, 7) is 6.42. The monoisotopic (exact) mass is 504 g/mol. The molecule has 0 spiro atoms. The van der Waals surface area contributed by atoms with Gasteiger partial charge in [-0.1, -0.05) is 98.2 Å². The molecule has 0 aromatic heterocycles. The number of nitrogens with zero attached hydrogens (tertiary/aromatic N) is 1. The summed E-state index contributed by atoms with van der Waals surface area (Å²) in [5, 5.41) is 3.70. The number of benzene rings is 3. The number of aryl methyl sites for hydroxylation is 2. The quantitative estimate of drug-likeness (QED) is 0.310. The molecule has 0 saturated carbocycles. The van der Waals surface area contributed by atoms with E-state index in [-0.39, 0.29) is 24.4 Å². The highest BCUT2D eigenvalue weighted by molar-refractivity contribution is 6.31. The van der Waals surface area contributed by atoms with Crippen LogP contribution in [-0.2, 0) is 35.4 Å². The molecule has 2 atom stereocenters. The van der Waals surface area contributed by atoms with Crippen LogP contribution in [0.1, 0.15) is 55.9 Å². The molecule has 1 N–H and O–H groups in total. The summed E-state index contributed by atoms with van der Waals surface area (Å²) in [5.41, 5.74) is 4.22. The van der Waals surface area contributed by atoms with Crippen LogP contribution in [0.3, 0.4) is 0 Å². The lowest BCUT2D eigenvalue weighted by molar-refractivity contribution is -0.141. The SMILES string of the molecule is CCc1ccc(CCC(=O)N(Cc2ccccc2Cl)[C@H](Cc2ccccc2)C(=O)N[C@@H](C)CC)cc1. The van der Waals surface area contributed by atoms with Gasteiger partial charge in [0.05, 0.1) is 0 Å². The molecule has 0 aliphatic heterocycles. The van der Waals surface area contributed by atoms with Gasteiger partial charge in [0, 0.05) is 30.5 Å². The highest BCUT2D eigenvalue weighted by Crippen LogP contribution is 2.22. The van der Waals surface area contributed by atoms with Gasteiger partial charge >= 0.3 is 0 Å². The number of rotatable bonds is 12. The van der Waals surface area contributed by atoms with Crippen LogP contribution in [-0.4, -0.2) is 28.8 Å². The van der Waals surface area contributed by atoms with E-state index in [9.17, 15) is 9.59 Å². The van der Waals surface area contributed by atoms with Gasteiger partial charge in [-0.15, -0.1) is 0 Å². The second kappa shape index (κ2) is 13.8. The van der Waals surface area contributed by atoms with Gasteiger partial charge in [-0.2, -0.15) is 0 Å². The maximum atomic E-state index is 13.7. The molecule has 0 heterocycles. The third-order valence-electron chi connectivity index (χ3n) is 6.63. The Morgan fingerprint density at radius 3 is 2.14 bits per heavy atom. The van der Waals surface area contributed by atoms with Crippen LogP contribution in [0.2, 0.25) is 5.02 Å². The van der Waals surface area contributed by atoms with Gasteiger partial charge < -0.3 is 10.2 Å². The lowest BCUT2D eigenvalue weighted by Crippen LogP contribution is -2.52. The zero-order chi connectivity index (χ0) is 25.9. The lowest BCUT2D eigenvalue weighted by atomic mass is 10.0. The molecule has 0 aliphatic rings. The fraction of sp³-hybridized carbons (Fsp3) is 0.355. The van der Waals surface area contributed by atoms with Gasteiger partial charge in [0.1, 0.15) is 6.04 Å². The van der Waals surface area contributed by atoms with Crippen molar-refractivity contribution in [1.29, 1.82) is 0 Å². The average molecular weight is 505 g/mol. The molecule has 0 fully saturated rings. The van der Waals surface area contributed by atoms with Crippen molar-refractivity contribution < 1.29 is 9.59 Å². The Kier molecular flexibility index (Phi) is 10.6. The number of amides is 2. The Hall–Kier alpha value is -3.11. The standard InChI is InChI=1S/C31H37ClN2O2/c1-4-23(3)33-31(36)29(21-26-11-7-6-8-12-26)34(22-27-13-9-10-14-28(27)32)30(35)20-19-25-17-15-24(5-2)16-18-25/h6-18,23,29H,4-5,19-22H2,1-3H3,(H,33,36)/t23-,29+/m0/s1. The summed E-state index contributed by atoms with van der Waals surface area (Å²) < 4.78 is 0. The molecule has 2 amide bonds. The highest BCUT2D eigenvalue weighted by Gasteiger charge is 2.31. The molecule has 4 nitrogen and oxygen atoms in total. The largest absolute Gasteiger partial charge is 0.352 e. The minimum atomic E-state index is -0.646. The molecule has 36 heavy (non-hydrogen) atoms. The number of hydrogen-bond donors (Lipinski definition) is 1. The molecular weight excluding hydrogens is 468 g/mol. The molecule has 0 saturated heterocycles. The zero-order valence-corrected chi connectivity index (χ0v) is 22.3. The fourth-order valence-electron chi connectivity index (χ4n) is 4.14. The summed E-state index contributed by atoms with van der Waals surface area (Å²) in [6.07, 6.45) is 3.17. The van der Waals surface area contributed by atoms with Crippen LogP contribution in [0.15, 0.2) is 78.9 Å². The predicted molar refractivity (Wildman–Crippen MR) is 148 cm³/mol. The summed E-state index contributed by atoms with van der Waals surface area (Å²) in [5.74, 6) is -0.198. The second-order valence-electron chi connectivity index (χ2n) is 9.31. The third kappa shape index (κ3) is 7.96. The lowest BCUT2D eigenvalue weighted by Gasteiger charge is -2.32. The smallest absolute Gasteiger partial charge is 0.243 e. The van der Waals surface area contributed by atoms with E-state index in [4.69, 9.17) is 11.6 Å². The fourth-order valence-corrected chi connectivity index (χ4v) is 4.34. The van der Waals surface area contributed by atoms with Gasteiger partial charge in [0.2, 0.25) is 11.8 Å². The summed E-state index contributed by atoms with van der Waals surface area (Å²) in [6, 6.07) is 25.1. The molecule has 0 unspecified atom stereocenters. The first-order valence-electron chi connectivity index (χ1n) is 12.9. The third-order valence-corrected chi connectivity index (χ3v) is 7.00. The molecule has 3 aromatic rings. The van der Waals surface area contributed by atoms with Gasteiger partial charge in [-0.25, -0.2) is 0 Å². The van der Waals surface area contributed by atoms with Crippen molar-refractivity contribution in [2.24, 2.45) is 0 Å². The molecule has 5 heteroatoms. The molecule has 0 bridgehead atoms. The van der Waals surface area contributed by atoms with E-state index in [1.807, 2.05) is 68.4 Å². The number of nitrogens with one attached hydrogen (secondary N) is 1. The van der Waals surface area contributed by atoms with E-state index in [1.54, 1.807) is 4.90 Å². The van der Waals surface area contributed by atoms with Crippen LogP contribution < -0.4 is 5.32 Å². The van der Waals surface area contributed by atoms with E-state index < -0.39 is 6.04 Å². The minimum absolute atomic E-state index is 0.0186. The first-order valence-corrected chi connectivity index (χ1v) is 13.2. The van der Waals surface area contributed by atoms with Gasteiger partial charge in [-0.05, 0) is 54.5 Å². The zero-order valence-electron chi connectivity index (χ0n) is 21.5. The molecule has 0 radical (unpaired) electrons. The van der Waals surface area contributed by atoms with Crippen molar-refractivity contribution in [2.45, 2.75) is 71.5 Å². The average Bonchev–Trinajstić information content (AvgIpc) is 2.91. The van der Waals surface area contributed by atoms with Gasteiger partial charge in [0.25, 0.3) is 0 Å². The summed E-state index contributed by atoms with van der Waals surface area (Å²) in [4.78, 5) is 29.0. The van der Waals surface area contributed by atoms with Crippen LogP contribution in [0, 0.1) is 0 Å². The number of carbonyl (C=O) groups excluding carboxylic acids is 2. The highest BCUT2D eigenvalue weighted by atomic mass is 35.5. The minimum Gasteiger partial charge on any atom is -0.352 e. The molecule has 3 rings (SSSR count). The summed E-state index contributed by atoms with van der Waals surface area (Å²) in [7, 11) is 0. The number of hydrogen-bond acceptors (Lipinski definition) is 2. The van der Waals surface area contributed by atoms with Crippen molar-refractivity contribution in [3.8, 4) is 0 Å². The Bertz CT molecular complexity index is 1110. The number of halogens is 1. The van der Waals surface area contributed by atoms with Crippen molar-refractivity contribution in [3.05, 3.63) is 106 Å². The van der Waals surface area contributed by atoms with Crippen LogP contribution in [0.4, 0.5) is 0 Å². The van der Waals surface area contributed by atoms with Crippen LogP contribution in [0.25, 0.3) is 0 Å². The molecular formula is C31H37ClN2O2. The van der Waals surface area contributed by atoms with Crippen molar-refractivity contribution in [2.75, 3.05) is 0 Å². The first-order chi connectivity index (χ1) is 17.4. The van der Waals surface area contributed by atoms with Crippen molar-refractivity contribution in [1.82, 2.24) is 10.2 Å². The Balaban J connectivity index is 1.90. The van der Waals surface area contributed by atoms with Gasteiger partial charge in [-0.3, -0.25) is 9.59 Å². The second-order valence-corrected chi connectivity index (χ2v) is 9.71. The Morgan fingerprint density at radius 2 is 1.50 bits per heavy atom. The maximum absolute atomic E-state index is 13.7. The molecule has 0 aliphatic carbocycles. The van der Waals surface area contributed by atoms with E-state index in [1.165, 1.54) is 5.56 Å². The summed E-state index contributed by atoms with van der Waals surface area (Å²) >= 11 is 6.49. The normalized spacial score (nSPS) is 12.6. The predicted octanol–water partition coefficient (Wildman–Crippen LogP) is 6.39. The number of carbonyl (C=O) groups is 2.